The van der Waals surface area contributed by atoms with E-state index in [1.165, 1.54) is 4.80 Å². The number of amides is 1. The van der Waals surface area contributed by atoms with Gasteiger partial charge in [-0.25, -0.2) is 0 Å². The summed E-state index contributed by atoms with van der Waals surface area (Å²) in [5.41, 5.74) is 1.45. The van der Waals surface area contributed by atoms with E-state index in [-0.39, 0.29) is 12.5 Å². The number of hydrogen-bond acceptors (Lipinski definition) is 5. The molecule has 1 N–H and O–H groups in total. The lowest BCUT2D eigenvalue weighted by Crippen LogP contribution is -2.46. The standard InChI is InChI=1S/C18H19N5O2/c24-17(13-23-20-15-5-1-2-6-16(15)21-23)22-10-7-18(25,8-11-22)14-4-3-9-19-12-14/h1-6,9,12,25H,7-8,10-11,13H2. The molecule has 1 aliphatic rings. The predicted octanol–water partition coefficient (Wildman–Crippen LogP) is 1.34. The number of nitrogens with zero attached hydrogens (tertiary/aromatic N) is 5. The molecule has 1 amide bonds. The van der Waals surface area contributed by atoms with E-state index >= 15 is 0 Å². The molecule has 1 fully saturated rings. The SMILES string of the molecule is O=C(Cn1nc2ccccc2n1)N1CCC(O)(c2cccnc2)CC1. The van der Waals surface area contributed by atoms with E-state index in [0.29, 0.717) is 25.9 Å². The Hall–Kier alpha value is -2.80. The van der Waals surface area contributed by atoms with Crippen molar-refractivity contribution in [2.24, 2.45) is 0 Å². The topological polar surface area (TPSA) is 84.1 Å². The first kappa shape index (κ1) is 15.7. The zero-order valence-corrected chi connectivity index (χ0v) is 13.7. The minimum atomic E-state index is -0.913. The Kier molecular flexibility index (Phi) is 3.93. The molecular formula is C18H19N5O2. The molecule has 1 aliphatic heterocycles. The van der Waals surface area contributed by atoms with Crippen LogP contribution in [0.5, 0.6) is 0 Å². The quantitative estimate of drug-likeness (QED) is 0.780. The van der Waals surface area contributed by atoms with Crippen molar-refractivity contribution in [3.63, 3.8) is 0 Å². The van der Waals surface area contributed by atoms with Crippen molar-refractivity contribution in [3.05, 3.63) is 54.4 Å². The number of aromatic nitrogens is 4. The molecule has 3 heterocycles. The molecule has 4 rings (SSSR count). The number of carbonyl (C=O) groups excluding carboxylic acids is 1. The van der Waals surface area contributed by atoms with Gasteiger partial charge >= 0.3 is 0 Å². The van der Waals surface area contributed by atoms with Crippen LogP contribution in [0.2, 0.25) is 0 Å². The summed E-state index contributed by atoms with van der Waals surface area (Å²) in [7, 11) is 0. The van der Waals surface area contributed by atoms with E-state index in [9.17, 15) is 9.90 Å². The normalized spacial score (nSPS) is 16.9. The molecule has 0 radical (unpaired) electrons. The van der Waals surface area contributed by atoms with Gasteiger partial charge in [0.1, 0.15) is 17.6 Å². The first-order chi connectivity index (χ1) is 12.1. The van der Waals surface area contributed by atoms with Crippen LogP contribution in [0.25, 0.3) is 11.0 Å². The van der Waals surface area contributed by atoms with Crippen molar-refractivity contribution in [1.82, 2.24) is 24.9 Å². The third-order valence-corrected chi connectivity index (χ3v) is 4.75. The Morgan fingerprint density at radius 2 is 1.76 bits per heavy atom. The van der Waals surface area contributed by atoms with E-state index < -0.39 is 5.60 Å². The van der Waals surface area contributed by atoms with Crippen molar-refractivity contribution >= 4 is 16.9 Å². The summed E-state index contributed by atoms with van der Waals surface area (Å²) in [6.45, 7) is 1.12. The first-order valence-corrected chi connectivity index (χ1v) is 8.35. The maximum Gasteiger partial charge on any atom is 0.246 e. The Bertz CT molecular complexity index is 852. The summed E-state index contributed by atoms with van der Waals surface area (Å²) in [5.74, 6) is -0.0338. The monoisotopic (exact) mass is 337 g/mol. The van der Waals surface area contributed by atoms with E-state index in [1.54, 1.807) is 17.3 Å². The van der Waals surface area contributed by atoms with Gasteiger partial charge in [0.25, 0.3) is 0 Å². The minimum absolute atomic E-state index is 0.0338. The van der Waals surface area contributed by atoms with E-state index in [1.807, 2.05) is 36.4 Å². The van der Waals surface area contributed by atoms with Crippen LogP contribution < -0.4 is 0 Å². The molecule has 2 aromatic heterocycles. The average molecular weight is 337 g/mol. The molecule has 3 aromatic rings. The Morgan fingerprint density at radius 3 is 2.36 bits per heavy atom. The number of rotatable bonds is 3. The summed E-state index contributed by atoms with van der Waals surface area (Å²) < 4.78 is 0. The van der Waals surface area contributed by atoms with Crippen molar-refractivity contribution in [2.75, 3.05) is 13.1 Å². The van der Waals surface area contributed by atoms with Crippen molar-refractivity contribution in [2.45, 2.75) is 25.0 Å². The average Bonchev–Trinajstić information content (AvgIpc) is 3.05. The Balaban J connectivity index is 1.41. The van der Waals surface area contributed by atoms with Gasteiger partial charge in [-0.1, -0.05) is 18.2 Å². The van der Waals surface area contributed by atoms with Crippen molar-refractivity contribution in [3.8, 4) is 0 Å². The number of carbonyl (C=O) groups is 1. The molecule has 0 spiro atoms. The number of likely N-dealkylation sites (tertiary alicyclic amines) is 1. The van der Waals surface area contributed by atoms with E-state index in [0.717, 1.165) is 16.6 Å². The number of aliphatic hydroxyl groups is 1. The highest BCUT2D eigenvalue weighted by molar-refractivity contribution is 5.77. The molecule has 7 nitrogen and oxygen atoms in total. The van der Waals surface area contributed by atoms with Gasteiger partial charge in [0.05, 0.1) is 5.60 Å². The minimum Gasteiger partial charge on any atom is -0.385 e. The molecule has 7 heteroatoms. The fourth-order valence-corrected chi connectivity index (χ4v) is 3.25. The highest BCUT2D eigenvalue weighted by atomic mass is 16.3. The fourth-order valence-electron chi connectivity index (χ4n) is 3.25. The third-order valence-electron chi connectivity index (χ3n) is 4.75. The fraction of sp³-hybridized carbons (Fsp3) is 0.333. The summed E-state index contributed by atoms with van der Waals surface area (Å²) in [6, 6.07) is 11.2. The lowest BCUT2D eigenvalue weighted by Gasteiger charge is -2.38. The molecule has 0 atom stereocenters. The second-order valence-electron chi connectivity index (χ2n) is 6.37. The van der Waals surface area contributed by atoms with Gasteiger partial charge in [0.15, 0.2) is 0 Å². The largest absolute Gasteiger partial charge is 0.385 e. The second kappa shape index (κ2) is 6.25. The highest BCUT2D eigenvalue weighted by Gasteiger charge is 2.35. The maximum absolute atomic E-state index is 12.5. The summed E-state index contributed by atoms with van der Waals surface area (Å²) in [4.78, 5) is 19.8. The smallest absolute Gasteiger partial charge is 0.246 e. The molecule has 1 aromatic carbocycles. The van der Waals surface area contributed by atoms with Gasteiger partial charge in [-0.15, -0.1) is 0 Å². The summed E-state index contributed by atoms with van der Waals surface area (Å²) in [6.07, 6.45) is 4.38. The number of pyridine rings is 1. The van der Waals surface area contributed by atoms with Gasteiger partial charge < -0.3 is 10.0 Å². The molecule has 0 aliphatic carbocycles. The van der Waals surface area contributed by atoms with Crippen LogP contribution in [0.4, 0.5) is 0 Å². The number of piperidine rings is 1. The lowest BCUT2D eigenvalue weighted by molar-refractivity contribution is -0.136. The highest BCUT2D eigenvalue weighted by Crippen LogP contribution is 2.32. The number of hydrogen-bond donors (Lipinski definition) is 1. The summed E-state index contributed by atoms with van der Waals surface area (Å²) in [5, 5.41) is 19.5. The van der Waals surface area contributed by atoms with Crippen LogP contribution in [0, 0.1) is 0 Å². The van der Waals surface area contributed by atoms with Crippen LogP contribution in [-0.4, -0.2) is 49.0 Å². The van der Waals surface area contributed by atoms with Crippen LogP contribution in [0.3, 0.4) is 0 Å². The van der Waals surface area contributed by atoms with Gasteiger partial charge in [0.2, 0.25) is 5.91 Å². The van der Waals surface area contributed by atoms with E-state index in [4.69, 9.17) is 0 Å². The van der Waals surface area contributed by atoms with Gasteiger partial charge in [-0.3, -0.25) is 9.78 Å². The molecule has 0 saturated carbocycles. The van der Waals surface area contributed by atoms with Gasteiger partial charge in [0, 0.05) is 31.0 Å². The van der Waals surface area contributed by atoms with Gasteiger partial charge in [-0.2, -0.15) is 15.0 Å². The van der Waals surface area contributed by atoms with Crippen LogP contribution >= 0.6 is 0 Å². The number of fused-ring (bicyclic) bond motifs is 1. The molecule has 25 heavy (non-hydrogen) atoms. The first-order valence-electron chi connectivity index (χ1n) is 8.35. The predicted molar refractivity (Wildman–Crippen MR) is 91.5 cm³/mol. The Morgan fingerprint density at radius 1 is 1.08 bits per heavy atom. The zero-order valence-electron chi connectivity index (χ0n) is 13.7. The van der Waals surface area contributed by atoms with Crippen molar-refractivity contribution in [1.29, 1.82) is 0 Å². The van der Waals surface area contributed by atoms with Crippen LogP contribution in [-0.2, 0) is 16.9 Å². The third kappa shape index (κ3) is 3.10. The van der Waals surface area contributed by atoms with Crippen LogP contribution in [0.1, 0.15) is 18.4 Å². The summed E-state index contributed by atoms with van der Waals surface area (Å²) >= 11 is 0. The second-order valence-corrected chi connectivity index (χ2v) is 6.37. The molecule has 0 unspecified atom stereocenters. The Labute approximate surface area is 144 Å². The number of benzene rings is 1. The molecule has 1 saturated heterocycles. The maximum atomic E-state index is 12.5. The lowest BCUT2D eigenvalue weighted by atomic mass is 9.85. The van der Waals surface area contributed by atoms with Crippen LogP contribution in [0.15, 0.2) is 48.8 Å². The van der Waals surface area contributed by atoms with Crippen molar-refractivity contribution < 1.29 is 9.90 Å². The van der Waals surface area contributed by atoms with E-state index in [2.05, 4.69) is 15.2 Å². The molecular weight excluding hydrogens is 318 g/mol. The molecule has 0 bridgehead atoms. The molecule has 128 valence electrons. The van der Waals surface area contributed by atoms with Gasteiger partial charge in [-0.05, 0) is 31.0 Å². The zero-order chi connectivity index (χ0) is 17.3.